The number of para-hydroxylation sites is 1. The standard InChI is InChI=1S/C27H20FN3O/c1-32-21-12-8-19(9-13-21)24-17-30-15-14-23-22-4-2-3-5-25(22)31(26(23)27(30)29-24)16-18-6-10-20(28)11-7-18/h2-15,17H,16H2,1H3. The van der Waals surface area contributed by atoms with Gasteiger partial charge >= 0.3 is 0 Å². The van der Waals surface area contributed by atoms with Gasteiger partial charge in [0.2, 0.25) is 0 Å². The first-order valence-corrected chi connectivity index (χ1v) is 10.5. The zero-order valence-corrected chi connectivity index (χ0v) is 17.5. The molecule has 3 heterocycles. The summed E-state index contributed by atoms with van der Waals surface area (Å²) in [5, 5.41) is 2.34. The average Bonchev–Trinajstić information content (AvgIpc) is 3.40. The third-order valence-electron chi connectivity index (χ3n) is 6.00. The Morgan fingerprint density at radius 3 is 2.44 bits per heavy atom. The first-order valence-electron chi connectivity index (χ1n) is 10.5. The van der Waals surface area contributed by atoms with Gasteiger partial charge in [-0.15, -0.1) is 0 Å². The third-order valence-corrected chi connectivity index (χ3v) is 6.00. The minimum Gasteiger partial charge on any atom is -0.497 e. The molecule has 0 saturated carbocycles. The van der Waals surface area contributed by atoms with Crippen molar-refractivity contribution in [1.29, 1.82) is 0 Å². The van der Waals surface area contributed by atoms with Crippen LogP contribution in [0.25, 0.3) is 38.7 Å². The van der Waals surface area contributed by atoms with E-state index in [1.807, 2.05) is 42.5 Å². The minimum absolute atomic E-state index is 0.226. The van der Waals surface area contributed by atoms with E-state index in [2.05, 4.69) is 45.6 Å². The number of nitrogens with zero attached hydrogens (tertiary/aromatic N) is 3. The molecule has 6 rings (SSSR count). The Morgan fingerprint density at radius 1 is 0.875 bits per heavy atom. The van der Waals surface area contributed by atoms with Gasteiger partial charge in [-0.2, -0.15) is 0 Å². The van der Waals surface area contributed by atoms with Crippen LogP contribution in [0.2, 0.25) is 0 Å². The molecule has 0 amide bonds. The molecule has 3 aromatic heterocycles. The lowest BCUT2D eigenvalue weighted by atomic mass is 10.2. The van der Waals surface area contributed by atoms with Crippen molar-refractivity contribution >= 4 is 27.5 Å². The van der Waals surface area contributed by atoms with Crippen molar-refractivity contribution in [2.45, 2.75) is 6.54 Å². The van der Waals surface area contributed by atoms with Gasteiger partial charge in [-0.1, -0.05) is 30.3 Å². The van der Waals surface area contributed by atoms with Crippen molar-refractivity contribution in [2.75, 3.05) is 7.11 Å². The second-order valence-electron chi connectivity index (χ2n) is 7.89. The lowest BCUT2D eigenvalue weighted by molar-refractivity contribution is 0.415. The number of methoxy groups -OCH3 is 1. The van der Waals surface area contributed by atoms with Gasteiger partial charge in [0.15, 0.2) is 5.65 Å². The van der Waals surface area contributed by atoms with Crippen LogP contribution in [-0.4, -0.2) is 21.1 Å². The summed E-state index contributed by atoms with van der Waals surface area (Å²) >= 11 is 0. The molecule has 0 aliphatic rings. The minimum atomic E-state index is -0.226. The van der Waals surface area contributed by atoms with Gasteiger partial charge < -0.3 is 13.7 Å². The maximum absolute atomic E-state index is 13.5. The van der Waals surface area contributed by atoms with Crippen LogP contribution in [0.4, 0.5) is 4.39 Å². The number of hydrogen-bond acceptors (Lipinski definition) is 2. The molecular weight excluding hydrogens is 401 g/mol. The summed E-state index contributed by atoms with van der Waals surface area (Å²) in [6.07, 6.45) is 4.11. The van der Waals surface area contributed by atoms with Crippen LogP contribution in [0, 0.1) is 5.82 Å². The van der Waals surface area contributed by atoms with Gasteiger partial charge in [0.25, 0.3) is 0 Å². The summed E-state index contributed by atoms with van der Waals surface area (Å²) in [6, 6.07) is 25.1. The van der Waals surface area contributed by atoms with E-state index < -0.39 is 0 Å². The van der Waals surface area contributed by atoms with E-state index in [0.29, 0.717) is 6.54 Å². The number of fused-ring (bicyclic) bond motifs is 5. The van der Waals surface area contributed by atoms with Crippen molar-refractivity contribution in [2.24, 2.45) is 0 Å². The summed E-state index contributed by atoms with van der Waals surface area (Å²) in [5.74, 6) is 0.593. The highest BCUT2D eigenvalue weighted by Gasteiger charge is 2.16. The molecule has 32 heavy (non-hydrogen) atoms. The predicted octanol–water partition coefficient (Wildman–Crippen LogP) is 6.31. The molecule has 0 atom stereocenters. The van der Waals surface area contributed by atoms with Crippen molar-refractivity contribution in [3.8, 4) is 17.0 Å². The quantitative estimate of drug-likeness (QED) is 0.334. The van der Waals surface area contributed by atoms with Crippen molar-refractivity contribution in [3.05, 3.63) is 103 Å². The second kappa shape index (κ2) is 7.24. The number of aromatic nitrogens is 3. The first-order chi connectivity index (χ1) is 15.7. The fraction of sp³-hybridized carbons (Fsp3) is 0.0741. The largest absolute Gasteiger partial charge is 0.497 e. The first kappa shape index (κ1) is 18.6. The van der Waals surface area contributed by atoms with E-state index in [1.54, 1.807) is 7.11 Å². The molecule has 0 aliphatic carbocycles. The molecule has 0 bridgehead atoms. The van der Waals surface area contributed by atoms with Gasteiger partial charge in [-0.3, -0.25) is 0 Å². The second-order valence-corrected chi connectivity index (χ2v) is 7.89. The van der Waals surface area contributed by atoms with E-state index in [9.17, 15) is 4.39 Å². The summed E-state index contributed by atoms with van der Waals surface area (Å²) in [4.78, 5) is 5.02. The van der Waals surface area contributed by atoms with Gasteiger partial charge in [-0.05, 0) is 54.1 Å². The number of ether oxygens (including phenoxy) is 1. The van der Waals surface area contributed by atoms with Crippen LogP contribution in [-0.2, 0) is 6.54 Å². The Labute approximate surface area is 184 Å². The van der Waals surface area contributed by atoms with Crippen LogP contribution in [0.3, 0.4) is 0 Å². The van der Waals surface area contributed by atoms with E-state index in [1.165, 1.54) is 17.5 Å². The maximum Gasteiger partial charge on any atom is 0.162 e. The number of imidazole rings is 1. The van der Waals surface area contributed by atoms with E-state index in [-0.39, 0.29) is 5.82 Å². The Hall–Kier alpha value is -4.12. The van der Waals surface area contributed by atoms with E-state index in [0.717, 1.165) is 44.6 Å². The van der Waals surface area contributed by atoms with Crippen LogP contribution in [0.5, 0.6) is 5.75 Å². The van der Waals surface area contributed by atoms with Crippen molar-refractivity contribution < 1.29 is 9.13 Å². The van der Waals surface area contributed by atoms with E-state index in [4.69, 9.17) is 9.72 Å². The van der Waals surface area contributed by atoms with Gasteiger partial charge in [0, 0.05) is 40.8 Å². The van der Waals surface area contributed by atoms with E-state index >= 15 is 0 Å². The predicted molar refractivity (Wildman–Crippen MR) is 126 cm³/mol. The molecule has 0 saturated heterocycles. The summed E-state index contributed by atoms with van der Waals surface area (Å²) < 4.78 is 23.1. The van der Waals surface area contributed by atoms with Crippen molar-refractivity contribution in [1.82, 2.24) is 14.0 Å². The highest BCUT2D eigenvalue weighted by atomic mass is 19.1. The number of halogens is 1. The molecule has 3 aromatic carbocycles. The third kappa shape index (κ3) is 2.94. The fourth-order valence-corrected chi connectivity index (χ4v) is 4.41. The average molecular weight is 421 g/mol. The Kier molecular flexibility index (Phi) is 4.21. The molecule has 5 heteroatoms. The molecule has 0 aliphatic heterocycles. The summed E-state index contributed by atoms with van der Waals surface area (Å²) in [6.45, 7) is 0.634. The zero-order chi connectivity index (χ0) is 21.7. The SMILES string of the molecule is COc1ccc(-c2cn3ccc4c5ccccc5n(Cc5ccc(F)cc5)c4c3n2)cc1. The molecule has 0 fully saturated rings. The Bertz CT molecular complexity index is 1580. The monoisotopic (exact) mass is 421 g/mol. The van der Waals surface area contributed by atoms with Crippen LogP contribution >= 0.6 is 0 Å². The lowest BCUT2D eigenvalue weighted by Crippen LogP contribution is -2.01. The lowest BCUT2D eigenvalue weighted by Gasteiger charge is -2.08. The van der Waals surface area contributed by atoms with Crippen LogP contribution in [0.15, 0.2) is 91.3 Å². The molecule has 4 nitrogen and oxygen atoms in total. The molecule has 0 N–H and O–H groups in total. The molecular formula is C27H20FN3O. The summed E-state index contributed by atoms with van der Waals surface area (Å²) in [7, 11) is 1.66. The van der Waals surface area contributed by atoms with Gasteiger partial charge in [-0.25, -0.2) is 9.37 Å². The molecule has 0 unspecified atom stereocenters. The maximum atomic E-state index is 13.5. The summed E-state index contributed by atoms with van der Waals surface area (Å²) in [5.41, 5.74) is 6.07. The van der Waals surface area contributed by atoms with Crippen LogP contribution in [0.1, 0.15) is 5.56 Å². The molecule has 0 spiro atoms. The zero-order valence-electron chi connectivity index (χ0n) is 17.5. The number of hydrogen-bond donors (Lipinski definition) is 0. The normalized spacial score (nSPS) is 11.6. The smallest absolute Gasteiger partial charge is 0.162 e. The topological polar surface area (TPSA) is 31.5 Å². The molecule has 6 aromatic rings. The number of pyridine rings is 1. The highest BCUT2D eigenvalue weighted by Crippen LogP contribution is 2.33. The molecule has 0 radical (unpaired) electrons. The van der Waals surface area contributed by atoms with Crippen molar-refractivity contribution in [3.63, 3.8) is 0 Å². The van der Waals surface area contributed by atoms with Gasteiger partial charge in [0.1, 0.15) is 11.6 Å². The van der Waals surface area contributed by atoms with Gasteiger partial charge in [0.05, 0.1) is 18.3 Å². The molecule has 156 valence electrons. The van der Waals surface area contributed by atoms with Crippen LogP contribution < -0.4 is 4.74 Å². The Morgan fingerprint density at radius 2 is 1.66 bits per heavy atom. The Balaban J connectivity index is 1.59. The number of benzene rings is 3. The highest BCUT2D eigenvalue weighted by molar-refractivity contribution is 6.12. The number of rotatable bonds is 4. The fourth-order valence-electron chi connectivity index (χ4n) is 4.41.